The first-order chi connectivity index (χ1) is 18.4. The van der Waals surface area contributed by atoms with Gasteiger partial charge in [0.1, 0.15) is 23.2 Å². The molecule has 1 saturated carbocycles. The number of fused-ring (bicyclic) bond motifs is 1. The molecule has 1 saturated heterocycles. The second-order valence-corrected chi connectivity index (χ2v) is 9.89. The number of hydrogen-bond acceptors (Lipinski definition) is 6. The molecular weight excluding hydrogens is 494 g/mol. The van der Waals surface area contributed by atoms with Crippen LogP contribution in [0.2, 0.25) is 0 Å². The number of carbonyl (C=O) groups excluding carboxylic acids is 2. The number of ether oxygens (including phenoxy) is 2. The third-order valence-corrected chi connectivity index (χ3v) is 7.26. The van der Waals surface area contributed by atoms with Crippen molar-refractivity contribution in [2.75, 3.05) is 32.1 Å². The van der Waals surface area contributed by atoms with Gasteiger partial charge in [0.2, 0.25) is 0 Å². The van der Waals surface area contributed by atoms with Crippen molar-refractivity contribution in [2.45, 2.75) is 51.2 Å². The maximum Gasteiger partial charge on any atom is 0.409 e. The van der Waals surface area contributed by atoms with E-state index in [9.17, 15) is 9.59 Å². The van der Waals surface area contributed by atoms with E-state index in [4.69, 9.17) is 9.47 Å². The topological polar surface area (TPSA) is 85.2 Å². The molecule has 8 nitrogen and oxygen atoms in total. The maximum atomic E-state index is 15.6. The number of hydrogen-bond donors (Lipinski definition) is 1. The molecule has 3 aromatic rings. The van der Waals surface area contributed by atoms with Crippen LogP contribution < -0.4 is 5.32 Å². The summed E-state index contributed by atoms with van der Waals surface area (Å²) in [5.74, 6) is 0.521. The van der Waals surface area contributed by atoms with Gasteiger partial charge in [-0.05, 0) is 62.4 Å². The summed E-state index contributed by atoms with van der Waals surface area (Å²) in [7, 11) is 1.33. The average Bonchev–Trinajstić information content (AvgIpc) is 3.24. The Hall–Kier alpha value is -3.75. The van der Waals surface area contributed by atoms with Crippen molar-refractivity contribution in [1.82, 2.24) is 14.3 Å². The monoisotopic (exact) mass is 524 g/mol. The Bertz CT molecular complexity index is 1380. The van der Waals surface area contributed by atoms with Gasteiger partial charge < -0.3 is 24.1 Å². The highest BCUT2D eigenvalue weighted by Crippen LogP contribution is 2.34. The van der Waals surface area contributed by atoms with E-state index < -0.39 is 23.8 Å². The summed E-state index contributed by atoms with van der Waals surface area (Å²) >= 11 is 0. The third-order valence-electron chi connectivity index (χ3n) is 7.26. The smallest absolute Gasteiger partial charge is 0.409 e. The van der Waals surface area contributed by atoms with E-state index in [2.05, 4.69) is 10.3 Å². The summed E-state index contributed by atoms with van der Waals surface area (Å²) in [5, 5.41) is 3.20. The molecule has 2 fully saturated rings. The second kappa shape index (κ2) is 10.9. The molecule has 38 heavy (non-hydrogen) atoms. The van der Waals surface area contributed by atoms with Gasteiger partial charge >= 0.3 is 6.09 Å². The molecule has 2 aliphatic rings. The quantitative estimate of drug-likeness (QED) is 0.487. The third kappa shape index (κ3) is 5.28. The lowest BCUT2D eigenvalue weighted by molar-refractivity contribution is -0.0241. The van der Waals surface area contributed by atoms with Crippen LogP contribution in [-0.4, -0.2) is 65.3 Å². The standard InChI is InChI=1S/C28H30F2N4O4/c1-17-7-8-34-24(14-21-15-33(9-10-38-21)28(36)37-2)27(32-25(34)11-17)26-22(29)12-20(13-23(26)30)31-19-5-3-18(16-35)4-6-19/h7-8,11-13,19,21,31H,3-6,9-10,14-15H2,1-2H3/t21-/m0/s1. The molecule has 2 aromatic heterocycles. The van der Waals surface area contributed by atoms with Crippen LogP contribution in [0.3, 0.4) is 0 Å². The second-order valence-electron chi connectivity index (χ2n) is 9.89. The number of pyridine rings is 1. The molecule has 10 heteroatoms. The number of morpholine rings is 1. The summed E-state index contributed by atoms with van der Waals surface area (Å²) < 4.78 is 43.7. The summed E-state index contributed by atoms with van der Waals surface area (Å²) in [6.07, 6.45) is 3.95. The highest BCUT2D eigenvalue weighted by Gasteiger charge is 2.29. The molecule has 5 rings (SSSR count). The molecule has 0 bridgehead atoms. The molecule has 0 spiro atoms. The number of allylic oxidation sites excluding steroid dienone is 1. The number of imidazole rings is 1. The fourth-order valence-electron chi connectivity index (χ4n) is 5.28. The minimum Gasteiger partial charge on any atom is -0.453 e. The Balaban J connectivity index is 1.47. The van der Waals surface area contributed by atoms with E-state index in [1.807, 2.05) is 35.6 Å². The molecule has 200 valence electrons. The molecule has 1 aliphatic heterocycles. The Kier molecular flexibility index (Phi) is 7.44. The molecule has 1 atom stereocenters. The van der Waals surface area contributed by atoms with Crippen molar-refractivity contribution < 1.29 is 27.8 Å². The normalized spacial score (nSPS) is 19.9. The van der Waals surface area contributed by atoms with Crippen molar-refractivity contribution >= 4 is 23.4 Å². The lowest BCUT2D eigenvalue weighted by Gasteiger charge is -2.32. The zero-order chi connectivity index (χ0) is 26.8. The Morgan fingerprint density at radius 3 is 2.66 bits per heavy atom. The predicted octanol–water partition coefficient (Wildman–Crippen LogP) is 4.71. The number of benzene rings is 1. The van der Waals surface area contributed by atoms with Gasteiger partial charge in [0.15, 0.2) is 0 Å². The minimum atomic E-state index is -0.723. The Morgan fingerprint density at radius 2 is 1.97 bits per heavy atom. The van der Waals surface area contributed by atoms with Crippen LogP contribution in [0.4, 0.5) is 19.3 Å². The number of halogens is 2. The summed E-state index contributed by atoms with van der Waals surface area (Å²) in [5.41, 5.74) is 3.22. The lowest BCUT2D eigenvalue weighted by Crippen LogP contribution is -2.46. The lowest BCUT2D eigenvalue weighted by atomic mass is 9.91. The first-order valence-corrected chi connectivity index (χ1v) is 12.8. The predicted molar refractivity (Wildman–Crippen MR) is 138 cm³/mol. The summed E-state index contributed by atoms with van der Waals surface area (Å²) in [6.45, 7) is 2.96. The van der Waals surface area contributed by atoms with Crippen LogP contribution >= 0.6 is 0 Å². The zero-order valence-corrected chi connectivity index (χ0v) is 21.4. The Morgan fingerprint density at radius 1 is 1.24 bits per heavy atom. The van der Waals surface area contributed by atoms with E-state index in [0.29, 0.717) is 68.8 Å². The molecule has 0 radical (unpaired) electrons. The van der Waals surface area contributed by atoms with Crippen molar-refractivity contribution in [3.8, 4) is 11.3 Å². The highest BCUT2D eigenvalue weighted by molar-refractivity contribution is 5.71. The number of methoxy groups -OCH3 is 1. The molecule has 1 amide bonds. The van der Waals surface area contributed by atoms with E-state index >= 15 is 8.78 Å². The van der Waals surface area contributed by atoms with Crippen LogP contribution in [0.5, 0.6) is 0 Å². The van der Waals surface area contributed by atoms with E-state index in [-0.39, 0.29) is 17.3 Å². The van der Waals surface area contributed by atoms with Crippen molar-refractivity contribution in [1.29, 1.82) is 0 Å². The van der Waals surface area contributed by atoms with Gasteiger partial charge in [-0.1, -0.05) is 0 Å². The van der Waals surface area contributed by atoms with Gasteiger partial charge in [0, 0.05) is 36.5 Å². The maximum absolute atomic E-state index is 15.6. The van der Waals surface area contributed by atoms with Gasteiger partial charge in [0.25, 0.3) is 0 Å². The van der Waals surface area contributed by atoms with Crippen molar-refractivity contribution in [2.24, 2.45) is 0 Å². The summed E-state index contributed by atoms with van der Waals surface area (Å²) in [6, 6.07) is 6.36. The largest absolute Gasteiger partial charge is 0.453 e. The van der Waals surface area contributed by atoms with E-state index in [1.54, 1.807) is 4.90 Å². The number of rotatable bonds is 5. The van der Waals surface area contributed by atoms with Gasteiger partial charge in [-0.3, -0.25) is 0 Å². The molecule has 1 N–H and O–H groups in total. The van der Waals surface area contributed by atoms with Gasteiger partial charge in [-0.2, -0.15) is 0 Å². The van der Waals surface area contributed by atoms with Crippen molar-refractivity contribution in [3.63, 3.8) is 0 Å². The first kappa shape index (κ1) is 25.9. The van der Waals surface area contributed by atoms with Crippen LogP contribution in [0.25, 0.3) is 16.9 Å². The van der Waals surface area contributed by atoms with Crippen LogP contribution in [0.1, 0.15) is 36.9 Å². The average molecular weight is 525 g/mol. The van der Waals surface area contributed by atoms with E-state index in [1.165, 1.54) is 19.2 Å². The van der Waals surface area contributed by atoms with Crippen LogP contribution in [-0.2, 0) is 20.7 Å². The number of carbonyl (C=O) groups is 1. The number of aryl methyl sites for hydroxylation is 1. The minimum absolute atomic E-state index is 0.0201. The number of nitrogens with one attached hydrogen (secondary N) is 1. The fraction of sp³-hybridized carbons (Fsp3) is 0.429. The first-order valence-electron chi connectivity index (χ1n) is 12.8. The van der Waals surface area contributed by atoms with Crippen LogP contribution in [0.15, 0.2) is 36.0 Å². The van der Waals surface area contributed by atoms with E-state index in [0.717, 1.165) is 11.1 Å². The molecule has 3 heterocycles. The van der Waals surface area contributed by atoms with Crippen LogP contribution in [0, 0.1) is 18.6 Å². The fourth-order valence-corrected chi connectivity index (χ4v) is 5.28. The molecule has 1 aromatic carbocycles. The van der Waals surface area contributed by atoms with Gasteiger partial charge in [-0.15, -0.1) is 0 Å². The number of amides is 1. The highest BCUT2D eigenvalue weighted by atomic mass is 19.1. The van der Waals surface area contributed by atoms with Gasteiger partial charge in [0.05, 0.1) is 43.3 Å². The number of aromatic nitrogens is 2. The molecule has 1 aliphatic carbocycles. The van der Waals surface area contributed by atoms with Gasteiger partial charge in [-0.25, -0.2) is 23.4 Å². The Labute approximate surface area is 219 Å². The SMILES string of the molecule is COC(=O)N1CCO[C@@H](Cc2c(-c3c(F)cc(NC4CCC(=C=O)CC4)cc3F)nc3cc(C)ccn23)C1. The zero-order valence-electron chi connectivity index (χ0n) is 21.4. The number of nitrogens with zero attached hydrogens (tertiary/aromatic N) is 3. The molecule has 0 unspecified atom stereocenters. The van der Waals surface area contributed by atoms with Crippen molar-refractivity contribution in [3.05, 3.63) is 58.9 Å². The molecular formula is C28H30F2N4O4. The summed E-state index contributed by atoms with van der Waals surface area (Å²) in [4.78, 5) is 29.1. The number of anilines is 1.